The molecule has 0 radical (unpaired) electrons. The van der Waals surface area contributed by atoms with Gasteiger partial charge in [-0.1, -0.05) is 42.5 Å². The predicted molar refractivity (Wildman–Crippen MR) is 124 cm³/mol. The first-order valence-electron chi connectivity index (χ1n) is 10.0. The van der Waals surface area contributed by atoms with Gasteiger partial charge in [0.1, 0.15) is 11.5 Å². The van der Waals surface area contributed by atoms with Crippen molar-refractivity contribution in [3.05, 3.63) is 89.5 Å². The second-order valence-electron chi connectivity index (χ2n) is 6.99. The Labute approximate surface area is 187 Å². The zero-order chi connectivity index (χ0) is 22.9. The molecule has 2 N–H and O–H groups in total. The topological polar surface area (TPSA) is 89.0 Å². The predicted octanol–water partition coefficient (Wildman–Crippen LogP) is 4.04. The largest absolute Gasteiger partial charge is 0.497 e. The van der Waals surface area contributed by atoms with Crippen molar-refractivity contribution in [2.75, 3.05) is 19.5 Å². The number of carbonyl (C=O) groups excluding carboxylic acids is 2. The van der Waals surface area contributed by atoms with Gasteiger partial charge in [0.25, 0.3) is 5.91 Å². The van der Waals surface area contributed by atoms with E-state index >= 15 is 0 Å². The van der Waals surface area contributed by atoms with Crippen LogP contribution in [0.1, 0.15) is 28.4 Å². The van der Waals surface area contributed by atoms with E-state index in [4.69, 9.17) is 9.47 Å². The van der Waals surface area contributed by atoms with Crippen molar-refractivity contribution >= 4 is 23.2 Å². The highest BCUT2D eigenvalue weighted by Gasteiger charge is 2.13. The molecule has 3 aromatic rings. The van der Waals surface area contributed by atoms with Crippen molar-refractivity contribution in [2.24, 2.45) is 5.10 Å². The lowest BCUT2D eigenvalue weighted by Crippen LogP contribution is -2.20. The molecule has 0 heterocycles. The van der Waals surface area contributed by atoms with E-state index in [2.05, 4.69) is 15.8 Å². The fourth-order valence-corrected chi connectivity index (χ4v) is 3.03. The van der Waals surface area contributed by atoms with E-state index in [1.807, 2.05) is 42.5 Å². The standard InChI is InChI=1S/C25H25N3O4/c1-17(27-28-25(30)22-14-13-21(31-2)16-23(22)32-3)19-9-11-20(12-10-19)26-24(29)15-18-7-5-4-6-8-18/h4-14,16H,15H2,1-3H3,(H,26,29)(H,28,30)/b27-17-. The zero-order valence-corrected chi connectivity index (χ0v) is 18.2. The SMILES string of the molecule is COc1ccc(C(=O)N/N=C(/C)c2ccc(NC(=O)Cc3ccccc3)cc2)c(OC)c1. The molecule has 0 aliphatic rings. The number of ether oxygens (including phenoxy) is 2. The summed E-state index contributed by atoms with van der Waals surface area (Å²) in [5.74, 6) is 0.503. The summed E-state index contributed by atoms with van der Waals surface area (Å²) in [5, 5.41) is 7.06. The zero-order valence-electron chi connectivity index (χ0n) is 18.2. The van der Waals surface area contributed by atoms with Gasteiger partial charge in [0.15, 0.2) is 0 Å². The van der Waals surface area contributed by atoms with Gasteiger partial charge in [-0.3, -0.25) is 9.59 Å². The Bertz CT molecular complexity index is 1110. The van der Waals surface area contributed by atoms with Crippen LogP contribution in [0.5, 0.6) is 11.5 Å². The van der Waals surface area contributed by atoms with Crippen LogP contribution in [0.15, 0.2) is 77.9 Å². The van der Waals surface area contributed by atoms with Crippen LogP contribution in [0.2, 0.25) is 0 Å². The minimum Gasteiger partial charge on any atom is -0.497 e. The maximum atomic E-state index is 12.5. The van der Waals surface area contributed by atoms with Crippen molar-refractivity contribution < 1.29 is 19.1 Å². The third-order valence-electron chi connectivity index (χ3n) is 4.77. The highest BCUT2D eigenvalue weighted by molar-refractivity contribution is 6.02. The number of rotatable bonds is 8. The van der Waals surface area contributed by atoms with Gasteiger partial charge >= 0.3 is 0 Å². The molecule has 0 aliphatic heterocycles. The molecule has 0 bridgehead atoms. The van der Waals surface area contributed by atoms with Crippen LogP contribution < -0.4 is 20.2 Å². The molecular formula is C25H25N3O4. The second-order valence-corrected chi connectivity index (χ2v) is 6.99. The quantitative estimate of drug-likeness (QED) is 0.416. The molecule has 3 aromatic carbocycles. The van der Waals surface area contributed by atoms with Gasteiger partial charge in [-0.25, -0.2) is 5.43 Å². The van der Waals surface area contributed by atoms with Crippen LogP contribution in [0.3, 0.4) is 0 Å². The van der Waals surface area contributed by atoms with E-state index in [0.717, 1.165) is 11.1 Å². The monoisotopic (exact) mass is 431 g/mol. The van der Waals surface area contributed by atoms with Gasteiger partial charge in [0, 0.05) is 11.8 Å². The Kier molecular flexibility index (Phi) is 7.59. The van der Waals surface area contributed by atoms with Gasteiger partial charge in [-0.15, -0.1) is 0 Å². The van der Waals surface area contributed by atoms with Gasteiger partial charge in [0.05, 0.1) is 31.9 Å². The number of anilines is 1. The number of nitrogens with zero attached hydrogens (tertiary/aromatic N) is 1. The Hall–Kier alpha value is -4.13. The first kappa shape index (κ1) is 22.6. The maximum absolute atomic E-state index is 12.5. The summed E-state index contributed by atoms with van der Waals surface area (Å²) in [4.78, 5) is 24.7. The first-order chi connectivity index (χ1) is 15.5. The number of hydrazone groups is 1. The average Bonchev–Trinajstić information content (AvgIpc) is 2.82. The number of hydrogen-bond donors (Lipinski definition) is 2. The van der Waals surface area contributed by atoms with Crippen molar-refractivity contribution in [3.8, 4) is 11.5 Å². The normalized spacial score (nSPS) is 10.9. The Morgan fingerprint density at radius 3 is 2.28 bits per heavy atom. The number of nitrogens with one attached hydrogen (secondary N) is 2. The summed E-state index contributed by atoms with van der Waals surface area (Å²) in [6, 6.07) is 21.7. The number of carbonyl (C=O) groups is 2. The molecule has 0 aromatic heterocycles. The van der Waals surface area contributed by atoms with Crippen LogP contribution in [0.25, 0.3) is 0 Å². The van der Waals surface area contributed by atoms with Crippen LogP contribution in [0.4, 0.5) is 5.69 Å². The minimum absolute atomic E-state index is 0.0879. The molecule has 0 saturated heterocycles. The third-order valence-corrected chi connectivity index (χ3v) is 4.77. The molecule has 0 unspecified atom stereocenters. The van der Waals surface area contributed by atoms with E-state index in [0.29, 0.717) is 34.9 Å². The van der Waals surface area contributed by atoms with Crippen LogP contribution in [-0.4, -0.2) is 31.7 Å². The second kappa shape index (κ2) is 10.8. The molecule has 0 spiro atoms. The van der Waals surface area contributed by atoms with Gasteiger partial charge in [0.2, 0.25) is 5.91 Å². The highest BCUT2D eigenvalue weighted by atomic mass is 16.5. The van der Waals surface area contributed by atoms with Crippen molar-refractivity contribution in [2.45, 2.75) is 13.3 Å². The van der Waals surface area contributed by atoms with Gasteiger partial charge < -0.3 is 14.8 Å². The lowest BCUT2D eigenvalue weighted by atomic mass is 10.1. The highest BCUT2D eigenvalue weighted by Crippen LogP contribution is 2.24. The fourth-order valence-electron chi connectivity index (χ4n) is 3.03. The van der Waals surface area contributed by atoms with Gasteiger partial charge in [-0.2, -0.15) is 5.10 Å². The summed E-state index contributed by atoms with van der Waals surface area (Å²) >= 11 is 0. The molecule has 32 heavy (non-hydrogen) atoms. The van der Waals surface area contributed by atoms with Crippen LogP contribution in [0, 0.1) is 0 Å². The molecule has 0 aliphatic carbocycles. The maximum Gasteiger partial charge on any atom is 0.275 e. The number of amides is 2. The van der Waals surface area contributed by atoms with Crippen LogP contribution >= 0.6 is 0 Å². The molecule has 7 nitrogen and oxygen atoms in total. The summed E-state index contributed by atoms with van der Waals surface area (Å²) in [6.07, 6.45) is 0.309. The first-order valence-corrected chi connectivity index (χ1v) is 10.0. The fraction of sp³-hybridized carbons (Fsp3) is 0.160. The van der Waals surface area contributed by atoms with Crippen molar-refractivity contribution in [1.82, 2.24) is 5.43 Å². The number of methoxy groups -OCH3 is 2. The van der Waals surface area contributed by atoms with Crippen molar-refractivity contribution in [1.29, 1.82) is 0 Å². The molecule has 0 fully saturated rings. The summed E-state index contributed by atoms with van der Waals surface area (Å²) in [5.41, 5.74) is 5.96. The van der Waals surface area contributed by atoms with Crippen LogP contribution in [-0.2, 0) is 11.2 Å². The van der Waals surface area contributed by atoms with E-state index in [1.54, 1.807) is 44.4 Å². The number of benzene rings is 3. The molecule has 7 heteroatoms. The average molecular weight is 431 g/mol. The lowest BCUT2D eigenvalue weighted by molar-refractivity contribution is -0.115. The summed E-state index contributed by atoms with van der Waals surface area (Å²) < 4.78 is 10.4. The number of hydrogen-bond acceptors (Lipinski definition) is 5. The molecule has 3 rings (SSSR count). The van der Waals surface area contributed by atoms with E-state index in [1.165, 1.54) is 7.11 Å². The molecule has 0 atom stereocenters. The Balaban J connectivity index is 1.61. The Morgan fingerprint density at radius 2 is 1.62 bits per heavy atom. The summed E-state index contributed by atoms with van der Waals surface area (Å²) in [6.45, 7) is 1.79. The Morgan fingerprint density at radius 1 is 0.906 bits per heavy atom. The van der Waals surface area contributed by atoms with Crippen molar-refractivity contribution in [3.63, 3.8) is 0 Å². The third kappa shape index (κ3) is 5.95. The van der Waals surface area contributed by atoms with E-state index in [9.17, 15) is 9.59 Å². The molecular weight excluding hydrogens is 406 g/mol. The molecule has 0 saturated carbocycles. The molecule has 2 amide bonds. The van der Waals surface area contributed by atoms with E-state index in [-0.39, 0.29) is 5.91 Å². The summed E-state index contributed by atoms with van der Waals surface area (Å²) in [7, 11) is 3.03. The lowest BCUT2D eigenvalue weighted by Gasteiger charge is -2.10. The minimum atomic E-state index is -0.395. The smallest absolute Gasteiger partial charge is 0.275 e. The van der Waals surface area contributed by atoms with E-state index < -0.39 is 5.91 Å². The van der Waals surface area contributed by atoms with Gasteiger partial charge in [-0.05, 0) is 42.3 Å². The molecule has 164 valence electrons.